The highest BCUT2D eigenvalue weighted by Crippen LogP contribution is 2.21. The Balaban J connectivity index is 2.34. The van der Waals surface area contributed by atoms with E-state index in [2.05, 4.69) is 26.6 Å². The molecule has 20 heavy (non-hydrogen) atoms. The number of carboxylic acid groups (broad SMARTS) is 1. The van der Waals surface area contributed by atoms with Crippen molar-refractivity contribution in [1.29, 1.82) is 0 Å². The summed E-state index contributed by atoms with van der Waals surface area (Å²) in [5, 5.41) is 13.5. The van der Waals surface area contributed by atoms with Gasteiger partial charge in [-0.2, -0.15) is 0 Å². The third-order valence-electron chi connectivity index (χ3n) is 2.29. The second kappa shape index (κ2) is 7.85. The van der Waals surface area contributed by atoms with Crippen LogP contribution in [-0.2, 0) is 16.0 Å². The lowest BCUT2D eigenvalue weighted by molar-refractivity contribution is -0.140. The van der Waals surface area contributed by atoms with Crippen molar-refractivity contribution in [2.45, 2.75) is 18.9 Å². The van der Waals surface area contributed by atoms with E-state index in [1.807, 2.05) is 12.1 Å². The molecule has 0 saturated carbocycles. The number of amides is 3. The first-order chi connectivity index (χ1) is 9.38. The van der Waals surface area contributed by atoms with Gasteiger partial charge < -0.3 is 21.5 Å². The monoisotopic (exact) mass is 363 g/mol. The van der Waals surface area contributed by atoms with Crippen LogP contribution < -0.4 is 16.4 Å². The van der Waals surface area contributed by atoms with Crippen LogP contribution in [0.3, 0.4) is 0 Å². The van der Waals surface area contributed by atoms with Crippen molar-refractivity contribution in [1.82, 2.24) is 10.6 Å². The van der Waals surface area contributed by atoms with Crippen molar-refractivity contribution in [3.05, 3.63) is 20.8 Å². The Morgan fingerprint density at radius 1 is 1.40 bits per heavy atom. The summed E-state index contributed by atoms with van der Waals surface area (Å²) in [6.07, 6.45) is 0.192. The van der Waals surface area contributed by atoms with Gasteiger partial charge in [0.1, 0.15) is 6.04 Å². The molecule has 5 N–H and O–H groups in total. The number of rotatable bonds is 7. The number of carbonyl (C=O) groups is 3. The maximum atomic E-state index is 11.5. The van der Waals surface area contributed by atoms with E-state index in [9.17, 15) is 14.4 Å². The number of carboxylic acids is 1. The van der Waals surface area contributed by atoms with Gasteiger partial charge in [0.05, 0.1) is 10.2 Å². The van der Waals surface area contributed by atoms with E-state index in [1.54, 1.807) is 11.3 Å². The van der Waals surface area contributed by atoms with Crippen LogP contribution in [0.4, 0.5) is 4.79 Å². The summed E-state index contributed by atoms with van der Waals surface area (Å²) in [5.74, 6) is -2.10. The Morgan fingerprint density at radius 3 is 2.60 bits per heavy atom. The van der Waals surface area contributed by atoms with Gasteiger partial charge in [0.25, 0.3) is 0 Å². The first kappa shape index (κ1) is 16.4. The zero-order valence-corrected chi connectivity index (χ0v) is 12.8. The number of hydrogen-bond acceptors (Lipinski definition) is 4. The zero-order chi connectivity index (χ0) is 15.1. The molecule has 7 nitrogen and oxygen atoms in total. The standard InChI is InChI=1S/C11H14BrN3O4S/c12-8-2-1-6(20-8)3-4-14-11(19)15-7(10(17)18)5-9(13)16/h1-2,7H,3-5H2,(H2,13,16)(H,17,18)(H2,14,15,19)/t7-/m0/s1. The van der Waals surface area contributed by atoms with Crippen LogP contribution in [0.2, 0.25) is 0 Å². The molecule has 0 aromatic carbocycles. The quantitative estimate of drug-likeness (QED) is 0.568. The maximum Gasteiger partial charge on any atom is 0.326 e. The van der Waals surface area contributed by atoms with Gasteiger partial charge in [-0.15, -0.1) is 11.3 Å². The molecule has 1 aromatic heterocycles. The Hall–Kier alpha value is -1.61. The fourth-order valence-electron chi connectivity index (χ4n) is 1.40. The number of nitrogens with one attached hydrogen (secondary N) is 2. The fraction of sp³-hybridized carbons (Fsp3) is 0.364. The molecule has 1 rings (SSSR count). The van der Waals surface area contributed by atoms with Crippen LogP contribution in [0, 0.1) is 0 Å². The SMILES string of the molecule is NC(=O)C[C@H](NC(=O)NCCc1ccc(Br)s1)C(=O)O. The number of nitrogens with two attached hydrogens (primary N) is 1. The van der Waals surface area contributed by atoms with E-state index in [-0.39, 0.29) is 0 Å². The summed E-state index contributed by atoms with van der Waals surface area (Å²) >= 11 is 4.89. The molecule has 0 bridgehead atoms. The van der Waals surface area contributed by atoms with Crippen molar-refractivity contribution in [2.24, 2.45) is 5.73 Å². The second-order valence-electron chi connectivity index (χ2n) is 3.92. The first-order valence-corrected chi connectivity index (χ1v) is 7.29. The van der Waals surface area contributed by atoms with E-state index >= 15 is 0 Å². The predicted molar refractivity (Wildman–Crippen MR) is 77.5 cm³/mol. The van der Waals surface area contributed by atoms with Gasteiger partial charge in [-0.3, -0.25) is 4.79 Å². The highest BCUT2D eigenvalue weighted by atomic mass is 79.9. The third-order valence-corrected chi connectivity index (χ3v) is 3.98. The summed E-state index contributed by atoms with van der Waals surface area (Å²) < 4.78 is 1.00. The van der Waals surface area contributed by atoms with Crippen molar-refractivity contribution in [3.63, 3.8) is 0 Å². The summed E-state index contributed by atoms with van der Waals surface area (Å²) in [6, 6.07) is 1.88. The number of urea groups is 1. The van der Waals surface area contributed by atoms with Crippen LogP contribution in [-0.4, -0.2) is 35.6 Å². The van der Waals surface area contributed by atoms with Crippen LogP contribution in [0.25, 0.3) is 0 Å². The minimum absolute atomic E-state index is 0.363. The van der Waals surface area contributed by atoms with Gasteiger partial charge in [0, 0.05) is 11.4 Å². The summed E-state index contributed by atoms with van der Waals surface area (Å²) in [7, 11) is 0. The molecule has 1 aromatic rings. The highest BCUT2D eigenvalue weighted by Gasteiger charge is 2.21. The zero-order valence-electron chi connectivity index (χ0n) is 10.4. The van der Waals surface area contributed by atoms with Crippen LogP contribution in [0.15, 0.2) is 15.9 Å². The molecule has 0 radical (unpaired) electrons. The lowest BCUT2D eigenvalue weighted by Crippen LogP contribution is -2.48. The first-order valence-electron chi connectivity index (χ1n) is 5.68. The summed E-state index contributed by atoms with van der Waals surface area (Å²) in [4.78, 5) is 34.1. The topological polar surface area (TPSA) is 122 Å². The molecular formula is C11H14BrN3O4S. The molecule has 0 aliphatic rings. The van der Waals surface area contributed by atoms with E-state index in [0.717, 1.165) is 8.66 Å². The predicted octanol–water partition coefficient (Wildman–Crippen LogP) is 0.681. The van der Waals surface area contributed by atoms with Gasteiger partial charge >= 0.3 is 12.0 Å². The van der Waals surface area contributed by atoms with Crippen LogP contribution >= 0.6 is 27.3 Å². The van der Waals surface area contributed by atoms with E-state index in [0.29, 0.717) is 13.0 Å². The maximum absolute atomic E-state index is 11.5. The lowest BCUT2D eigenvalue weighted by Gasteiger charge is -2.13. The van der Waals surface area contributed by atoms with Crippen molar-refractivity contribution >= 4 is 45.2 Å². The van der Waals surface area contributed by atoms with Crippen molar-refractivity contribution in [3.8, 4) is 0 Å². The van der Waals surface area contributed by atoms with E-state index in [4.69, 9.17) is 10.8 Å². The number of halogens is 1. The smallest absolute Gasteiger partial charge is 0.326 e. The molecule has 0 saturated heterocycles. The molecule has 9 heteroatoms. The molecule has 0 aliphatic heterocycles. The van der Waals surface area contributed by atoms with Crippen LogP contribution in [0.5, 0.6) is 0 Å². The molecule has 0 unspecified atom stereocenters. The number of aliphatic carboxylic acids is 1. The van der Waals surface area contributed by atoms with Crippen molar-refractivity contribution in [2.75, 3.05) is 6.54 Å². The molecule has 0 spiro atoms. The Kier molecular flexibility index (Phi) is 6.46. The molecule has 0 aliphatic carbocycles. The number of thiophene rings is 1. The summed E-state index contributed by atoms with van der Waals surface area (Å²) in [6.45, 7) is 0.363. The van der Waals surface area contributed by atoms with Gasteiger partial charge in [-0.25, -0.2) is 9.59 Å². The van der Waals surface area contributed by atoms with E-state index < -0.39 is 30.4 Å². The minimum atomic E-state index is -1.32. The average Bonchev–Trinajstić information content (AvgIpc) is 2.73. The normalized spacial score (nSPS) is 11.7. The summed E-state index contributed by atoms with van der Waals surface area (Å²) in [5.41, 5.74) is 4.91. The van der Waals surface area contributed by atoms with Crippen LogP contribution in [0.1, 0.15) is 11.3 Å². The Labute approximate surface area is 127 Å². The molecule has 110 valence electrons. The van der Waals surface area contributed by atoms with E-state index in [1.165, 1.54) is 0 Å². The van der Waals surface area contributed by atoms with Gasteiger partial charge in [0.2, 0.25) is 5.91 Å². The molecule has 1 heterocycles. The van der Waals surface area contributed by atoms with Crippen molar-refractivity contribution < 1.29 is 19.5 Å². The number of hydrogen-bond donors (Lipinski definition) is 4. The molecular weight excluding hydrogens is 350 g/mol. The third kappa shape index (κ3) is 6.02. The molecule has 3 amide bonds. The molecule has 0 fully saturated rings. The minimum Gasteiger partial charge on any atom is -0.480 e. The fourth-order valence-corrected chi connectivity index (χ4v) is 2.88. The average molecular weight is 364 g/mol. The second-order valence-corrected chi connectivity index (χ2v) is 6.46. The van der Waals surface area contributed by atoms with Gasteiger partial charge in [-0.1, -0.05) is 0 Å². The van der Waals surface area contributed by atoms with Gasteiger partial charge in [0.15, 0.2) is 0 Å². The highest BCUT2D eigenvalue weighted by molar-refractivity contribution is 9.11. The largest absolute Gasteiger partial charge is 0.480 e. The Bertz CT molecular complexity index is 506. The lowest BCUT2D eigenvalue weighted by atomic mass is 10.2. The van der Waals surface area contributed by atoms with Gasteiger partial charge in [-0.05, 0) is 34.5 Å². The number of carbonyl (C=O) groups excluding carboxylic acids is 2. The molecule has 1 atom stereocenters. The number of primary amides is 1. The Morgan fingerprint density at radius 2 is 2.10 bits per heavy atom.